The Hall–Kier alpha value is -0.650. The van der Waals surface area contributed by atoms with E-state index in [0.717, 1.165) is 31.8 Å². The number of hydrogen-bond donors (Lipinski definition) is 2. The Morgan fingerprint density at radius 1 is 1.50 bits per heavy atom. The lowest BCUT2D eigenvalue weighted by atomic mass is 9.95. The first-order chi connectivity index (χ1) is 9.37. The monoisotopic (exact) mass is 285 g/mol. The van der Waals surface area contributed by atoms with Gasteiger partial charge in [-0.1, -0.05) is 0 Å². The van der Waals surface area contributed by atoms with Crippen molar-refractivity contribution in [3.05, 3.63) is 0 Å². The molecule has 0 amide bonds. The zero-order valence-electron chi connectivity index (χ0n) is 13.5. The number of likely N-dealkylation sites (tertiary alicyclic amines) is 1. The molecule has 0 aromatic heterocycles. The summed E-state index contributed by atoms with van der Waals surface area (Å²) in [5.41, 5.74) is -0.785. The Bertz CT molecular complexity index is 311. The number of carboxylic acid groups (broad SMARTS) is 1. The number of aliphatic carboxylic acids is 1. The van der Waals surface area contributed by atoms with Crippen molar-refractivity contribution >= 4 is 5.97 Å². The van der Waals surface area contributed by atoms with Crippen LogP contribution in [0.25, 0.3) is 0 Å². The van der Waals surface area contributed by atoms with Crippen LogP contribution in [0, 0.1) is 5.92 Å². The van der Waals surface area contributed by atoms with Gasteiger partial charge in [0.1, 0.15) is 5.54 Å². The zero-order valence-corrected chi connectivity index (χ0v) is 13.5. The van der Waals surface area contributed by atoms with Crippen molar-refractivity contribution in [2.45, 2.75) is 38.1 Å². The van der Waals surface area contributed by atoms with E-state index in [4.69, 9.17) is 0 Å². The SMILES string of the molecule is CNC(C)(CCCCN(C)CC1CCN(C)C1)C(=O)O. The summed E-state index contributed by atoms with van der Waals surface area (Å²) in [5.74, 6) is 0.0361. The predicted octanol–water partition coefficient (Wildman–Crippen LogP) is 1.10. The van der Waals surface area contributed by atoms with Crippen molar-refractivity contribution in [1.29, 1.82) is 0 Å². The summed E-state index contributed by atoms with van der Waals surface area (Å²) in [7, 11) is 6.08. The van der Waals surface area contributed by atoms with E-state index in [9.17, 15) is 9.90 Å². The molecule has 2 N–H and O–H groups in total. The summed E-state index contributed by atoms with van der Waals surface area (Å²) in [6.45, 7) is 6.40. The third kappa shape index (κ3) is 5.38. The maximum absolute atomic E-state index is 11.2. The van der Waals surface area contributed by atoms with Gasteiger partial charge in [0.2, 0.25) is 0 Å². The highest BCUT2D eigenvalue weighted by Gasteiger charge is 2.30. The Labute approximate surface area is 123 Å². The second-order valence-electron chi connectivity index (χ2n) is 6.52. The normalized spacial score (nSPS) is 23.1. The van der Waals surface area contributed by atoms with Crippen molar-refractivity contribution in [2.24, 2.45) is 5.92 Å². The fourth-order valence-corrected chi connectivity index (χ4v) is 2.91. The second kappa shape index (κ2) is 7.96. The maximum atomic E-state index is 11.2. The quantitative estimate of drug-likeness (QED) is 0.621. The first-order valence-electron chi connectivity index (χ1n) is 7.67. The summed E-state index contributed by atoms with van der Waals surface area (Å²) >= 11 is 0. The van der Waals surface area contributed by atoms with Crippen LogP contribution in [0.15, 0.2) is 0 Å². The van der Waals surface area contributed by atoms with Gasteiger partial charge in [-0.3, -0.25) is 4.79 Å². The summed E-state index contributed by atoms with van der Waals surface area (Å²) in [6, 6.07) is 0. The van der Waals surface area contributed by atoms with Gasteiger partial charge in [0.25, 0.3) is 0 Å². The van der Waals surface area contributed by atoms with Gasteiger partial charge in [-0.05, 0) is 72.8 Å². The van der Waals surface area contributed by atoms with E-state index >= 15 is 0 Å². The number of hydrogen-bond acceptors (Lipinski definition) is 4. The minimum atomic E-state index is -0.785. The molecular formula is C15H31N3O2. The number of carbonyl (C=O) groups is 1. The van der Waals surface area contributed by atoms with E-state index in [1.807, 2.05) is 0 Å². The molecule has 20 heavy (non-hydrogen) atoms. The van der Waals surface area contributed by atoms with Gasteiger partial charge in [0.15, 0.2) is 0 Å². The number of unbranched alkanes of at least 4 members (excludes halogenated alkanes) is 1. The van der Waals surface area contributed by atoms with Crippen LogP contribution in [0.5, 0.6) is 0 Å². The van der Waals surface area contributed by atoms with Crippen molar-refractivity contribution in [1.82, 2.24) is 15.1 Å². The van der Waals surface area contributed by atoms with Gasteiger partial charge in [0, 0.05) is 13.1 Å². The van der Waals surface area contributed by atoms with Crippen molar-refractivity contribution in [3.63, 3.8) is 0 Å². The summed E-state index contributed by atoms with van der Waals surface area (Å²) < 4.78 is 0. The predicted molar refractivity (Wildman–Crippen MR) is 82.1 cm³/mol. The Morgan fingerprint density at radius 3 is 2.70 bits per heavy atom. The van der Waals surface area contributed by atoms with Crippen LogP contribution >= 0.6 is 0 Å². The molecule has 0 spiro atoms. The third-order valence-electron chi connectivity index (χ3n) is 4.55. The van der Waals surface area contributed by atoms with Gasteiger partial charge in [0.05, 0.1) is 0 Å². The number of carboxylic acids is 1. The molecule has 1 rings (SSSR count). The minimum absolute atomic E-state index is 0.679. The fourth-order valence-electron chi connectivity index (χ4n) is 2.91. The highest BCUT2D eigenvalue weighted by atomic mass is 16.4. The van der Waals surface area contributed by atoms with E-state index in [1.165, 1.54) is 19.5 Å². The number of nitrogens with zero attached hydrogens (tertiary/aromatic N) is 2. The van der Waals surface area contributed by atoms with Crippen molar-refractivity contribution < 1.29 is 9.90 Å². The lowest BCUT2D eigenvalue weighted by molar-refractivity contribution is -0.144. The molecular weight excluding hydrogens is 254 g/mol. The molecule has 5 nitrogen and oxygen atoms in total. The Morgan fingerprint density at radius 2 is 2.20 bits per heavy atom. The van der Waals surface area contributed by atoms with Crippen LogP contribution in [0.1, 0.15) is 32.6 Å². The van der Waals surface area contributed by atoms with Gasteiger partial charge in [-0.25, -0.2) is 0 Å². The third-order valence-corrected chi connectivity index (χ3v) is 4.55. The van der Waals surface area contributed by atoms with Gasteiger partial charge in [-0.15, -0.1) is 0 Å². The smallest absolute Gasteiger partial charge is 0.323 e. The molecule has 0 bridgehead atoms. The molecule has 0 aliphatic carbocycles. The molecule has 0 aromatic rings. The zero-order chi connectivity index (χ0) is 15.2. The van der Waals surface area contributed by atoms with Gasteiger partial charge in [-0.2, -0.15) is 0 Å². The molecule has 5 heteroatoms. The average Bonchev–Trinajstić information content (AvgIpc) is 2.79. The molecule has 118 valence electrons. The van der Waals surface area contributed by atoms with Crippen LogP contribution in [-0.4, -0.2) is 73.7 Å². The van der Waals surface area contributed by atoms with Crippen molar-refractivity contribution in [2.75, 3.05) is 47.3 Å². The fraction of sp³-hybridized carbons (Fsp3) is 0.933. The molecule has 2 unspecified atom stereocenters. The van der Waals surface area contributed by atoms with Crippen LogP contribution in [0.2, 0.25) is 0 Å². The first-order valence-corrected chi connectivity index (χ1v) is 7.67. The van der Waals surface area contributed by atoms with Crippen LogP contribution in [0.4, 0.5) is 0 Å². The van der Waals surface area contributed by atoms with Gasteiger partial charge < -0.3 is 20.2 Å². The molecule has 0 saturated carbocycles. The molecule has 1 aliphatic rings. The van der Waals surface area contributed by atoms with Crippen LogP contribution < -0.4 is 5.32 Å². The highest BCUT2D eigenvalue weighted by molar-refractivity contribution is 5.78. The minimum Gasteiger partial charge on any atom is -0.480 e. The van der Waals surface area contributed by atoms with E-state index in [1.54, 1.807) is 14.0 Å². The summed E-state index contributed by atoms with van der Waals surface area (Å²) in [6.07, 6.45) is 3.98. The molecule has 1 heterocycles. The van der Waals surface area contributed by atoms with E-state index in [2.05, 4.69) is 29.2 Å². The average molecular weight is 285 g/mol. The largest absolute Gasteiger partial charge is 0.480 e. The molecule has 0 radical (unpaired) electrons. The highest BCUT2D eigenvalue weighted by Crippen LogP contribution is 2.16. The standard InChI is InChI=1S/C15H31N3O2/c1-15(16-2,14(19)20)8-5-6-9-17(3)11-13-7-10-18(4)12-13/h13,16H,5-12H2,1-4H3,(H,19,20). The van der Waals surface area contributed by atoms with Crippen LogP contribution in [-0.2, 0) is 4.79 Å². The number of rotatable bonds is 9. The maximum Gasteiger partial charge on any atom is 0.323 e. The van der Waals surface area contributed by atoms with E-state index in [-0.39, 0.29) is 0 Å². The van der Waals surface area contributed by atoms with Gasteiger partial charge >= 0.3 is 5.97 Å². The molecule has 1 fully saturated rings. The molecule has 1 saturated heterocycles. The Kier molecular flexibility index (Phi) is 6.92. The summed E-state index contributed by atoms with van der Waals surface area (Å²) in [5, 5.41) is 12.1. The Balaban J connectivity index is 2.15. The lowest BCUT2D eigenvalue weighted by Gasteiger charge is -2.25. The van der Waals surface area contributed by atoms with E-state index in [0.29, 0.717) is 6.42 Å². The van der Waals surface area contributed by atoms with Crippen LogP contribution in [0.3, 0.4) is 0 Å². The number of likely N-dealkylation sites (N-methyl/N-ethyl adjacent to an activating group) is 1. The molecule has 1 aliphatic heterocycles. The first kappa shape index (κ1) is 17.4. The summed E-state index contributed by atoms with van der Waals surface area (Å²) in [4.78, 5) is 15.9. The van der Waals surface area contributed by atoms with Crippen molar-refractivity contribution in [3.8, 4) is 0 Å². The lowest BCUT2D eigenvalue weighted by Crippen LogP contribution is -2.47. The molecule has 0 aromatic carbocycles. The number of nitrogens with one attached hydrogen (secondary N) is 1. The molecule has 2 atom stereocenters. The van der Waals surface area contributed by atoms with E-state index < -0.39 is 11.5 Å². The second-order valence-corrected chi connectivity index (χ2v) is 6.52. The topological polar surface area (TPSA) is 55.8 Å².